The number of hydrogen-bond donors (Lipinski definition) is 0. The van der Waals surface area contributed by atoms with Gasteiger partial charge in [-0.3, -0.25) is 0 Å². The van der Waals surface area contributed by atoms with Crippen LogP contribution in [0.5, 0.6) is 5.75 Å². The first-order valence-electron chi connectivity index (χ1n) is 8.13. The highest BCUT2D eigenvalue weighted by molar-refractivity contribution is 7.89. The predicted octanol–water partition coefficient (Wildman–Crippen LogP) is 3.07. The van der Waals surface area contributed by atoms with E-state index in [-0.39, 0.29) is 23.1 Å². The van der Waals surface area contributed by atoms with E-state index < -0.39 is 21.9 Å². The van der Waals surface area contributed by atoms with Gasteiger partial charge in [0, 0.05) is 31.6 Å². The highest BCUT2D eigenvalue weighted by Gasteiger charge is 2.35. The molecule has 0 amide bonds. The maximum Gasteiger partial charge on any atom is 0.434 e. The van der Waals surface area contributed by atoms with Gasteiger partial charge in [0.1, 0.15) is 5.75 Å². The summed E-state index contributed by atoms with van der Waals surface area (Å²) in [5.41, 5.74) is -0.922. The summed E-state index contributed by atoms with van der Waals surface area (Å²) in [6.07, 6.45) is -3.99. The lowest BCUT2D eigenvalue weighted by Gasteiger charge is -2.21. The minimum Gasteiger partial charge on any atom is -0.497 e. The molecular formula is C16H18F3N3O3S2. The number of sulfonamides is 1. The van der Waals surface area contributed by atoms with Gasteiger partial charge in [-0.15, -0.1) is 11.3 Å². The number of hydrogen-bond acceptors (Lipinski definition) is 6. The zero-order valence-corrected chi connectivity index (χ0v) is 16.1. The molecule has 0 saturated carbocycles. The summed E-state index contributed by atoms with van der Waals surface area (Å²) in [5, 5.41) is 1.23. The van der Waals surface area contributed by atoms with Crippen LogP contribution in [0.3, 0.4) is 0 Å². The SMILES string of the molecule is COc1ccc(S(=O)(=O)N2CCCN(c3nc(C(F)(F)F)cs3)CC2)cc1. The largest absolute Gasteiger partial charge is 0.497 e. The maximum atomic E-state index is 12.8. The van der Waals surface area contributed by atoms with E-state index in [4.69, 9.17) is 4.74 Å². The Morgan fingerprint density at radius 2 is 1.81 bits per heavy atom. The van der Waals surface area contributed by atoms with Crippen molar-refractivity contribution in [3.63, 3.8) is 0 Å². The summed E-state index contributed by atoms with van der Waals surface area (Å²) in [4.78, 5) is 5.50. The van der Waals surface area contributed by atoms with Crippen LogP contribution >= 0.6 is 11.3 Å². The Bertz CT molecular complexity index is 882. The average Bonchev–Trinajstić information content (AvgIpc) is 3.00. The number of methoxy groups -OCH3 is 1. The fraction of sp³-hybridized carbons (Fsp3) is 0.438. The number of aromatic nitrogens is 1. The van der Waals surface area contributed by atoms with Crippen LogP contribution in [0, 0.1) is 0 Å². The molecule has 2 aromatic rings. The van der Waals surface area contributed by atoms with E-state index in [1.807, 2.05) is 0 Å². The van der Waals surface area contributed by atoms with Crippen LogP contribution in [0.2, 0.25) is 0 Å². The number of ether oxygens (including phenoxy) is 1. The van der Waals surface area contributed by atoms with Gasteiger partial charge in [0.15, 0.2) is 10.8 Å². The Labute approximate surface area is 159 Å². The van der Waals surface area contributed by atoms with E-state index in [0.717, 1.165) is 16.7 Å². The smallest absolute Gasteiger partial charge is 0.434 e. The van der Waals surface area contributed by atoms with Crippen molar-refractivity contribution in [2.75, 3.05) is 38.2 Å². The molecule has 1 aliphatic rings. The Morgan fingerprint density at radius 1 is 1.11 bits per heavy atom. The highest BCUT2D eigenvalue weighted by atomic mass is 32.2. The van der Waals surface area contributed by atoms with Crippen molar-refractivity contribution in [3.8, 4) is 5.75 Å². The molecule has 6 nitrogen and oxygen atoms in total. The van der Waals surface area contributed by atoms with Crippen molar-refractivity contribution >= 4 is 26.5 Å². The zero-order chi connectivity index (χ0) is 19.7. The molecule has 1 aliphatic heterocycles. The summed E-state index contributed by atoms with van der Waals surface area (Å²) < 4.78 is 70.2. The Balaban J connectivity index is 1.73. The Hall–Kier alpha value is -1.85. The van der Waals surface area contributed by atoms with Gasteiger partial charge in [0.05, 0.1) is 12.0 Å². The van der Waals surface area contributed by atoms with E-state index >= 15 is 0 Å². The molecular weight excluding hydrogens is 403 g/mol. The van der Waals surface area contributed by atoms with Gasteiger partial charge in [0.25, 0.3) is 0 Å². The lowest BCUT2D eigenvalue weighted by atomic mass is 10.3. The highest BCUT2D eigenvalue weighted by Crippen LogP contribution is 2.33. The summed E-state index contributed by atoms with van der Waals surface area (Å²) in [6.45, 7) is 1.19. The number of benzene rings is 1. The van der Waals surface area contributed by atoms with Crippen molar-refractivity contribution < 1.29 is 26.3 Å². The molecule has 0 aliphatic carbocycles. The molecule has 0 unspecified atom stereocenters. The maximum absolute atomic E-state index is 12.8. The zero-order valence-electron chi connectivity index (χ0n) is 14.4. The van der Waals surface area contributed by atoms with Crippen LogP contribution in [0.1, 0.15) is 12.1 Å². The summed E-state index contributed by atoms with van der Waals surface area (Å²) in [7, 11) is -2.18. The first kappa shape index (κ1) is 19.9. The third-order valence-corrected chi connectivity index (χ3v) is 7.02. The van der Waals surface area contributed by atoms with Crippen LogP contribution in [0.25, 0.3) is 0 Å². The number of nitrogens with zero attached hydrogens (tertiary/aromatic N) is 3. The summed E-state index contributed by atoms with van der Waals surface area (Å²) >= 11 is 0.914. The van der Waals surface area contributed by atoms with E-state index in [0.29, 0.717) is 25.3 Å². The van der Waals surface area contributed by atoms with Crippen LogP contribution in [0.15, 0.2) is 34.5 Å². The fourth-order valence-corrected chi connectivity index (χ4v) is 5.12. The first-order valence-corrected chi connectivity index (χ1v) is 10.5. The lowest BCUT2D eigenvalue weighted by Crippen LogP contribution is -2.35. The molecule has 0 atom stereocenters. The van der Waals surface area contributed by atoms with Gasteiger partial charge in [-0.25, -0.2) is 13.4 Å². The molecule has 27 heavy (non-hydrogen) atoms. The third kappa shape index (κ3) is 4.36. The molecule has 0 spiro atoms. The Kier molecular flexibility index (Phi) is 5.63. The predicted molar refractivity (Wildman–Crippen MR) is 95.7 cm³/mol. The topological polar surface area (TPSA) is 62.7 Å². The van der Waals surface area contributed by atoms with E-state index in [9.17, 15) is 21.6 Å². The van der Waals surface area contributed by atoms with Gasteiger partial charge in [-0.1, -0.05) is 0 Å². The number of thiazole rings is 1. The molecule has 2 heterocycles. The molecule has 0 bridgehead atoms. The van der Waals surface area contributed by atoms with E-state index in [1.54, 1.807) is 17.0 Å². The van der Waals surface area contributed by atoms with E-state index in [2.05, 4.69) is 4.98 Å². The van der Waals surface area contributed by atoms with Crippen molar-refractivity contribution in [1.82, 2.24) is 9.29 Å². The van der Waals surface area contributed by atoms with Gasteiger partial charge < -0.3 is 9.64 Å². The quantitative estimate of drug-likeness (QED) is 0.759. The molecule has 0 N–H and O–H groups in total. The van der Waals surface area contributed by atoms with Crippen LogP contribution in [-0.4, -0.2) is 51.0 Å². The summed E-state index contributed by atoms with van der Waals surface area (Å²) in [5.74, 6) is 0.556. The average molecular weight is 421 g/mol. The normalized spacial score (nSPS) is 17.0. The minimum atomic E-state index is -4.48. The summed E-state index contributed by atoms with van der Waals surface area (Å²) in [6, 6.07) is 6.11. The van der Waals surface area contributed by atoms with Crippen LogP contribution < -0.4 is 9.64 Å². The van der Waals surface area contributed by atoms with Gasteiger partial charge in [-0.2, -0.15) is 17.5 Å². The lowest BCUT2D eigenvalue weighted by molar-refractivity contribution is -0.140. The van der Waals surface area contributed by atoms with Gasteiger partial charge >= 0.3 is 6.18 Å². The second kappa shape index (κ2) is 7.64. The second-order valence-electron chi connectivity index (χ2n) is 5.93. The molecule has 0 radical (unpaired) electrons. The molecule has 1 aromatic carbocycles. The molecule has 1 aromatic heterocycles. The second-order valence-corrected chi connectivity index (χ2v) is 8.71. The van der Waals surface area contributed by atoms with Crippen LogP contribution in [0.4, 0.5) is 18.3 Å². The number of anilines is 1. The van der Waals surface area contributed by atoms with Crippen molar-refractivity contribution in [1.29, 1.82) is 0 Å². The molecule has 3 rings (SSSR count). The van der Waals surface area contributed by atoms with E-state index in [1.165, 1.54) is 23.5 Å². The standard InChI is InChI=1S/C16H18F3N3O3S2/c1-25-12-3-5-13(6-4-12)27(23,24)22-8-2-7-21(9-10-22)15-20-14(11-26-15)16(17,18)19/h3-6,11H,2,7-10H2,1H3. The number of rotatable bonds is 4. The molecule has 11 heteroatoms. The third-order valence-electron chi connectivity index (χ3n) is 4.21. The van der Waals surface area contributed by atoms with Crippen molar-refractivity contribution in [2.45, 2.75) is 17.5 Å². The van der Waals surface area contributed by atoms with Crippen LogP contribution in [-0.2, 0) is 16.2 Å². The fourth-order valence-electron chi connectivity index (χ4n) is 2.76. The minimum absolute atomic E-state index is 0.158. The Morgan fingerprint density at radius 3 is 2.41 bits per heavy atom. The van der Waals surface area contributed by atoms with Gasteiger partial charge in [0.2, 0.25) is 10.0 Å². The molecule has 1 saturated heterocycles. The number of alkyl halides is 3. The molecule has 1 fully saturated rings. The van der Waals surface area contributed by atoms with Crippen molar-refractivity contribution in [3.05, 3.63) is 35.3 Å². The first-order chi connectivity index (χ1) is 12.7. The van der Waals surface area contributed by atoms with Crippen molar-refractivity contribution in [2.24, 2.45) is 0 Å². The monoisotopic (exact) mass is 421 g/mol. The molecule has 148 valence electrons. The number of halogens is 3. The van der Waals surface area contributed by atoms with Gasteiger partial charge in [-0.05, 0) is 30.7 Å².